The topological polar surface area (TPSA) is 50.9 Å². The molecule has 0 radical (unpaired) electrons. The monoisotopic (exact) mass is 345 g/mol. The first-order valence-electron chi connectivity index (χ1n) is 4.85. The van der Waals surface area contributed by atoms with Crippen molar-refractivity contribution < 1.29 is 0 Å². The van der Waals surface area contributed by atoms with Gasteiger partial charge in [-0.1, -0.05) is 0 Å². The Bertz CT molecular complexity index is 496. The first-order valence-corrected chi connectivity index (χ1v) is 6.75. The molecule has 1 heterocycles. The number of thiazole rings is 1. The van der Waals surface area contributed by atoms with Crippen LogP contribution in [-0.4, -0.2) is 4.98 Å². The second kappa shape index (κ2) is 5.01. The van der Waals surface area contributed by atoms with Crippen molar-refractivity contribution in [2.24, 2.45) is 0 Å². The Morgan fingerprint density at radius 2 is 2.31 bits per heavy atom. The number of aryl methyl sites for hydroxylation is 1. The lowest BCUT2D eigenvalue weighted by atomic mass is 10.3. The summed E-state index contributed by atoms with van der Waals surface area (Å²) in [6.45, 7) is 2.78. The van der Waals surface area contributed by atoms with Crippen LogP contribution in [0.15, 0.2) is 24.4 Å². The molecule has 0 fully saturated rings. The zero-order chi connectivity index (χ0) is 11.5. The zero-order valence-corrected chi connectivity index (χ0v) is 11.8. The average molecular weight is 345 g/mol. The molecule has 0 atom stereocenters. The quantitative estimate of drug-likeness (QED) is 0.663. The van der Waals surface area contributed by atoms with E-state index in [9.17, 15) is 0 Å². The summed E-state index contributed by atoms with van der Waals surface area (Å²) >= 11 is 3.95. The highest BCUT2D eigenvalue weighted by Gasteiger charge is 2.01. The first-order chi connectivity index (χ1) is 7.65. The van der Waals surface area contributed by atoms with E-state index in [2.05, 4.69) is 39.8 Å². The van der Waals surface area contributed by atoms with Crippen molar-refractivity contribution in [3.8, 4) is 0 Å². The number of hydrogen-bond donors (Lipinski definition) is 2. The Morgan fingerprint density at radius 3 is 2.94 bits per heavy atom. The minimum atomic E-state index is 0.725. The van der Waals surface area contributed by atoms with E-state index in [-0.39, 0.29) is 0 Å². The lowest BCUT2D eigenvalue weighted by molar-refractivity contribution is 1.10. The van der Waals surface area contributed by atoms with Gasteiger partial charge in [0.05, 0.1) is 17.9 Å². The predicted molar refractivity (Wildman–Crippen MR) is 77.7 cm³/mol. The van der Waals surface area contributed by atoms with E-state index in [4.69, 9.17) is 5.73 Å². The standard InChI is InChI=1S/C11H12IN3S/c1-7-5-15-11(16-7)6-14-10-3-2-8(12)4-9(10)13/h2-5,14H,6,13H2,1H3. The number of nitrogen functional groups attached to an aromatic ring is 1. The molecule has 0 spiro atoms. The number of aromatic nitrogens is 1. The number of benzene rings is 1. The van der Waals surface area contributed by atoms with Crippen LogP contribution in [0.3, 0.4) is 0 Å². The molecule has 0 aliphatic rings. The Hall–Kier alpha value is -0.820. The van der Waals surface area contributed by atoms with Crippen LogP contribution in [0.5, 0.6) is 0 Å². The van der Waals surface area contributed by atoms with Crippen LogP contribution in [0.1, 0.15) is 9.88 Å². The van der Waals surface area contributed by atoms with Crippen molar-refractivity contribution in [3.63, 3.8) is 0 Å². The molecule has 2 aromatic rings. The summed E-state index contributed by atoms with van der Waals surface area (Å²) in [5.74, 6) is 0. The van der Waals surface area contributed by atoms with Gasteiger partial charge in [0.15, 0.2) is 0 Å². The van der Waals surface area contributed by atoms with Crippen LogP contribution in [0, 0.1) is 10.5 Å². The van der Waals surface area contributed by atoms with Gasteiger partial charge in [0.1, 0.15) is 5.01 Å². The largest absolute Gasteiger partial charge is 0.397 e. The maximum atomic E-state index is 5.91. The van der Waals surface area contributed by atoms with Crippen LogP contribution in [-0.2, 0) is 6.54 Å². The SMILES string of the molecule is Cc1cnc(CNc2ccc(I)cc2N)s1. The molecule has 5 heteroatoms. The van der Waals surface area contributed by atoms with Gasteiger partial charge in [0.2, 0.25) is 0 Å². The molecule has 0 bridgehead atoms. The van der Waals surface area contributed by atoms with Crippen molar-refractivity contribution in [1.82, 2.24) is 4.98 Å². The minimum Gasteiger partial charge on any atom is -0.397 e. The molecule has 0 saturated heterocycles. The highest BCUT2D eigenvalue weighted by atomic mass is 127. The third-order valence-electron chi connectivity index (χ3n) is 2.11. The van der Waals surface area contributed by atoms with E-state index in [1.54, 1.807) is 11.3 Å². The summed E-state index contributed by atoms with van der Waals surface area (Å²) in [4.78, 5) is 5.52. The fourth-order valence-corrected chi connectivity index (χ4v) is 2.59. The molecule has 0 saturated carbocycles. The van der Waals surface area contributed by atoms with Crippen molar-refractivity contribution in [2.45, 2.75) is 13.5 Å². The summed E-state index contributed by atoms with van der Waals surface area (Å²) in [6, 6.07) is 5.99. The number of rotatable bonds is 3. The highest BCUT2D eigenvalue weighted by Crippen LogP contribution is 2.22. The number of anilines is 2. The number of halogens is 1. The van der Waals surface area contributed by atoms with Gasteiger partial charge in [-0.2, -0.15) is 0 Å². The van der Waals surface area contributed by atoms with E-state index in [0.29, 0.717) is 0 Å². The van der Waals surface area contributed by atoms with E-state index in [1.807, 2.05) is 24.4 Å². The van der Waals surface area contributed by atoms with Crippen molar-refractivity contribution in [1.29, 1.82) is 0 Å². The number of nitrogens with zero attached hydrogens (tertiary/aromatic N) is 1. The minimum absolute atomic E-state index is 0.725. The molecule has 2 rings (SSSR count). The van der Waals surface area contributed by atoms with Crippen molar-refractivity contribution in [3.05, 3.63) is 37.9 Å². The van der Waals surface area contributed by atoms with Gasteiger partial charge in [0, 0.05) is 14.6 Å². The molecule has 16 heavy (non-hydrogen) atoms. The summed E-state index contributed by atoms with van der Waals surface area (Å²) in [5, 5.41) is 4.37. The molecule has 84 valence electrons. The molecule has 1 aromatic heterocycles. The summed E-state index contributed by atoms with van der Waals surface area (Å²) in [5.41, 5.74) is 7.65. The van der Waals surface area contributed by atoms with Gasteiger partial charge in [-0.15, -0.1) is 11.3 Å². The molecule has 0 aliphatic carbocycles. The second-order valence-electron chi connectivity index (χ2n) is 3.45. The van der Waals surface area contributed by atoms with E-state index in [0.717, 1.165) is 26.5 Å². The molecule has 0 aliphatic heterocycles. The lowest BCUT2D eigenvalue weighted by Crippen LogP contribution is -2.02. The summed E-state index contributed by atoms with van der Waals surface area (Å²) in [6.07, 6.45) is 1.89. The van der Waals surface area contributed by atoms with E-state index < -0.39 is 0 Å². The van der Waals surface area contributed by atoms with Gasteiger partial charge in [-0.25, -0.2) is 4.98 Å². The first kappa shape index (κ1) is 11.7. The smallest absolute Gasteiger partial charge is 0.112 e. The van der Waals surface area contributed by atoms with Crippen molar-refractivity contribution in [2.75, 3.05) is 11.1 Å². The average Bonchev–Trinajstić information content (AvgIpc) is 2.63. The number of hydrogen-bond acceptors (Lipinski definition) is 4. The summed E-state index contributed by atoms with van der Waals surface area (Å²) in [7, 11) is 0. The van der Waals surface area contributed by atoms with Gasteiger partial charge in [0.25, 0.3) is 0 Å². The van der Waals surface area contributed by atoms with Gasteiger partial charge in [-0.3, -0.25) is 0 Å². The fraction of sp³-hybridized carbons (Fsp3) is 0.182. The molecule has 1 aromatic carbocycles. The molecule has 3 nitrogen and oxygen atoms in total. The molecule has 3 N–H and O–H groups in total. The normalized spacial score (nSPS) is 10.4. The molecule has 0 unspecified atom stereocenters. The van der Waals surface area contributed by atoms with E-state index in [1.165, 1.54) is 4.88 Å². The molecular weight excluding hydrogens is 333 g/mol. The third kappa shape index (κ3) is 2.85. The van der Waals surface area contributed by atoms with Crippen LogP contribution >= 0.6 is 33.9 Å². The number of nitrogens with one attached hydrogen (secondary N) is 1. The molecule has 0 amide bonds. The number of nitrogens with two attached hydrogens (primary N) is 1. The zero-order valence-electron chi connectivity index (χ0n) is 8.83. The van der Waals surface area contributed by atoms with Gasteiger partial charge < -0.3 is 11.1 Å². The Labute approximate surface area is 112 Å². The van der Waals surface area contributed by atoms with Crippen LogP contribution < -0.4 is 11.1 Å². The van der Waals surface area contributed by atoms with Crippen LogP contribution in [0.4, 0.5) is 11.4 Å². The third-order valence-corrected chi connectivity index (χ3v) is 3.70. The Balaban J connectivity index is 2.04. The van der Waals surface area contributed by atoms with Gasteiger partial charge >= 0.3 is 0 Å². The second-order valence-corrected chi connectivity index (χ2v) is 6.01. The van der Waals surface area contributed by atoms with Gasteiger partial charge in [-0.05, 0) is 47.7 Å². The maximum Gasteiger partial charge on any atom is 0.112 e. The summed E-state index contributed by atoms with van der Waals surface area (Å²) < 4.78 is 1.14. The Kier molecular flexibility index (Phi) is 3.65. The lowest BCUT2D eigenvalue weighted by Gasteiger charge is -2.07. The van der Waals surface area contributed by atoms with E-state index >= 15 is 0 Å². The molecular formula is C11H12IN3S. The fourth-order valence-electron chi connectivity index (χ4n) is 1.35. The van der Waals surface area contributed by atoms with Crippen LogP contribution in [0.2, 0.25) is 0 Å². The maximum absolute atomic E-state index is 5.91. The van der Waals surface area contributed by atoms with Crippen molar-refractivity contribution >= 4 is 45.3 Å². The Morgan fingerprint density at radius 1 is 1.50 bits per heavy atom. The van der Waals surface area contributed by atoms with Crippen LogP contribution in [0.25, 0.3) is 0 Å². The predicted octanol–water partition coefficient (Wildman–Crippen LogP) is 3.25. The highest BCUT2D eigenvalue weighted by molar-refractivity contribution is 14.1.